The third-order valence-electron chi connectivity index (χ3n) is 5.13. The lowest BCUT2D eigenvalue weighted by Crippen LogP contribution is -2.22. The van der Waals surface area contributed by atoms with Crippen LogP contribution < -0.4 is 0 Å². The van der Waals surface area contributed by atoms with Crippen molar-refractivity contribution >= 4 is 22.5 Å². The van der Waals surface area contributed by atoms with Crippen molar-refractivity contribution in [3.63, 3.8) is 0 Å². The fourth-order valence-electron chi connectivity index (χ4n) is 3.78. The first kappa shape index (κ1) is 16.6. The molecule has 0 unspecified atom stereocenters. The normalized spacial score (nSPS) is 21.4. The van der Waals surface area contributed by atoms with Crippen LogP contribution in [0.2, 0.25) is 5.02 Å². The summed E-state index contributed by atoms with van der Waals surface area (Å²) >= 11 is 6.12. The van der Waals surface area contributed by atoms with Crippen molar-refractivity contribution in [3.05, 3.63) is 52.0 Å². The molecule has 6 heteroatoms. The van der Waals surface area contributed by atoms with Crippen LogP contribution in [-0.4, -0.2) is 39.3 Å². The van der Waals surface area contributed by atoms with E-state index in [-0.39, 0.29) is 12.0 Å². The van der Waals surface area contributed by atoms with Crippen LogP contribution >= 0.6 is 11.6 Å². The molecule has 1 aliphatic rings. The smallest absolute Gasteiger partial charge is 0.137 e. The number of aromatic nitrogens is 2. The standard InChI is InChI=1S/C19H22ClN3O2/c1-11-5-15(25-22-11)6-13-8-23(10-19(13)24)9-18-12(2)16-7-14(20)3-4-17(16)21-18/h3-5,7,13,19,21,24H,6,8-10H2,1-2H3/t13-,19-/m1/s1. The molecule has 1 saturated heterocycles. The third kappa shape index (κ3) is 3.32. The lowest BCUT2D eigenvalue weighted by atomic mass is 10.0. The van der Waals surface area contributed by atoms with Crippen LogP contribution in [0, 0.1) is 19.8 Å². The number of aryl methyl sites for hydroxylation is 2. The lowest BCUT2D eigenvalue weighted by Gasteiger charge is -2.15. The summed E-state index contributed by atoms with van der Waals surface area (Å²) in [4.78, 5) is 5.78. The van der Waals surface area contributed by atoms with Gasteiger partial charge in [-0.15, -0.1) is 0 Å². The molecule has 0 amide bonds. The number of β-amino-alcohol motifs (C(OH)–C–C–N with tert-alkyl or cyclic N) is 1. The van der Waals surface area contributed by atoms with Gasteiger partial charge in [-0.2, -0.15) is 0 Å². The maximum Gasteiger partial charge on any atom is 0.137 e. The van der Waals surface area contributed by atoms with E-state index in [0.717, 1.165) is 46.9 Å². The Balaban J connectivity index is 1.47. The third-order valence-corrected chi connectivity index (χ3v) is 5.36. The molecule has 3 aromatic rings. The highest BCUT2D eigenvalue weighted by Gasteiger charge is 2.32. The summed E-state index contributed by atoms with van der Waals surface area (Å²) in [7, 11) is 0. The van der Waals surface area contributed by atoms with Crippen LogP contribution in [0.1, 0.15) is 22.7 Å². The number of rotatable bonds is 4. The zero-order valence-electron chi connectivity index (χ0n) is 14.4. The molecule has 3 heterocycles. The van der Waals surface area contributed by atoms with Gasteiger partial charge in [0.05, 0.1) is 11.8 Å². The minimum atomic E-state index is -0.343. The number of likely N-dealkylation sites (tertiary alicyclic amines) is 1. The highest BCUT2D eigenvalue weighted by molar-refractivity contribution is 6.31. The molecule has 1 fully saturated rings. The fourth-order valence-corrected chi connectivity index (χ4v) is 3.95. The van der Waals surface area contributed by atoms with E-state index in [4.69, 9.17) is 16.1 Å². The van der Waals surface area contributed by atoms with E-state index in [1.807, 2.05) is 31.2 Å². The minimum absolute atomic E-state index is 0.173. The van der Waals surface area contributed by atoms with Gasteiger partial charge in [0.15, 0.2) is 0 Å². The van der Waals surface area contributed by atoms with Crippen LogP contribution in [0.15, 0.2) is 28.8 Å². The predicted molar refractivity (Wildman–Crippen MR) is 97.8 cm³/mol. The summed E-state index contributed by atoms with van der Waals surface area (Å²) in [5.74, 6) is 1.02. The van der Waals surface area contributed by atoms with E-state index in [9.17, 15) is 5.11 Å². The Morgan fingerprint density at radius 1 is 1.32 bits per heavy atom. The summed E-state index contributed by atoms with van der Waals surface area (Å²) in [6.45, 7) is 6.34. The molecule has 5 nitrogen and oxygen atoms in total. The van der Waals surface area contributed by atoms with E-state index < -0.39 is 0 Å². The monoisotopic (exact) mass is 359 g/mol. The number of halogens is 1. The Hall–Kier alpha value is -1.82. The Labute approximate surface area is 151 Å². The molecule has 0 saturated carbocycles. The van der Waals surface area contributed by atoms with Crippen LogP contribution in [-0.2, 0) is 13.0 Å². The average molecular weight is 360 g/mol. The first-order valence-corrected chi connectivity index (χ1v) is 8.96. The van der Waals surface area contributed by atoms with Crippen LogP contribution in [0.4, 0.5) is 0 Å². The maximum atomic E-state index is 10.4. The summed E-state index contributed by atoms with van der Waals surface area (Å²) in [6.07, 6.45) is 0.379. The van der Waals surface area contributed by atoms with Crippen molar-refractivity contribution in [1.82, 2.24) is 15.0 Å². The average Bonchev–Trinajstić information content (AvgIpc) is 3.21. The first-order chi connectivity index (χ1) is 12.0. The van der Waals surface area contributed by atoms with Gasteiger partial charge in [0, 0.05) is 59.7 Å². The number of H-pyrrole nitrogens is 1. The highest BCUT2D eigenvalue weighted by Crippen LogP contribution is 2.28. The molecule has 2 aromatic heterocycles. The second-order valence-electron chi connectivity index (χ2n) is 7.08. The van der Waals surface area contributed by atoms with Crippen LogP contribution in [0.5, 0.6) is 0 Å². The molecule has 0 radical (unpaired) electrons. The Bertz CT molecular complexity index is 901. The summed E-state index contributed by atoms with van der Waals surface area (Å²) < 4.78 is 5.30. The molecule has 0 spiro atoms. The number of aliphatic hydroxyl groups excluding tert-OH is 1. The van der Waals surface area contributed by atoms with Crippen molar-refractivity contribution in [2.75, 3.05) is 13.1 Å². The molecule has 1 aliphatic heterocycles. The number of aliphatic hydroxyl groups is 1. The van der Waals surface area contributed by atoms with E-state index in [1.165, 1.54) is 11.3 Å². The van der Waals surface area contributed by atoms with Crippen molar-refractivity contribution in [3.8, 4) is 0 Å². The zero-order chi connectivity index (χ0) is 17.6. The summed E-state index contributed by atoms with van der Waals surface area (Å²) in [5, 5.41) is 16.3. The Morgan fingerprint density at radius 2 is 2.16 bits per heavy atom. The minimum Gasteiger partial charge on any atom is -0.391 e. The van der Waals surface area contributed by atoms with E-state index in [2.05, 4.69) is 22.0 Å². The maximum absolute atomic E-state index is 10.4. The zero-order valence-corrected chi connectivity index (χ0v) is 15.2. The second kappa shape index (κ2) is 6.48. The quantitative estimate of drug-likeness (QED) is 0.748. The first-order valence-electron chi connectivity index (χ1n) is 8.59. The molecule has 25 heavy (non-hydrogen) atoms. The van der Waals surface area contributed by atoms with Gasteiger partial charge in [0.25, 0.3) is 0 Å². The number of hydrogen-bond acceptors (Lipinski definition) is 4. The lowest BCUT2D eigenvalue weighted by molar-refractivity contribution is 0.137. The van der Waals surface area contributed by atoms with Gasteiger partial charge >= 0.3 is 0 Å². The van der Waals surface area contributed by atoms with Crippen molar-refractivity contribution in [1.29, 1.82) is 0 Å². The van der Waals surface area contributed by atoms with Crippen LogP contribution in [0.3, 0.4) is 0 Å². The Morgan fingerprint density at radius 3 is 2.92 bits per heavy atom. The van der Waals surface area contributed by atoms with Crippen molar-refractivity contribution in [2.24, 2.45) is 5.92 Å². The van der Waals surface area contributed by atoms with Crippen LogP contribution in [0.25, 0.3) is 10.9 Å². The van der Waals surface area contributed by atoms with Gasteiger partial charge in [0.1, 0.15) is 5.76 Å². The number of fused-ring (bicyclic) bond motifs is 1. The van der Waals surface area contributed by atoms with Gasteiger partial charge in [-0.25, -0.2) is 0 Å². The number of benzene rings is 1. The molecular weight excluding hydrogens is 338 g/mol. The Kier molecular flexibility index (Phi) is 4.31. The van der Waals surface area contributed by atoms with Gasteiger partial charge in [-0.05, 0) is 37.6 Å². The van der Waals surface area contributed by atoms with E-state index in [0.29, 0.717) is 6.54 Å². The van der Waals surface area contributed by atoms with Gasteiger partial charge < -0.3 is 14.6 Å². The SMILES string of the molecule is Cc1cc(C[C@@H]2CN(Cc3[nH]c4ccc(Cl)cc4c3C)C[C@H]2O)on1. The molecule has 0 aliphatic carbocycles. The number of nitrogens with zero attached hydrogens (tertiary/aromatic N) is 2. The van der Waals surface area contributed by atoms with E-state index >= 15 is 0 Å². The topological polar surface area (TPSA) is 65.3 Å². The molecule has 2 N–H and O–H groups in total. The number of aromatic amines is 1. The molecule has 132 valence electrons. The highest BCUT2D eigenvalue weighted by atomic mass is 35.5. The molecule has 4 rings (SSSR count). The molecule has 0 bridgehead atoms. The summed E-state index contributed by atoms with van der Waals surface area (Å²) in [6, 6.07) is 7.86. The number of hydrogen-bond donors (Lipinski definition) is 2. The molecule has 2 atom stereocenters. The molecular formula is C19H22ClN3O2. The molecule has 1 aromatic carbocycles. The predicted octanol–water partition coefficient (Wildman–Crippen LogP) is 3.46. The fraction of sp³-hybridized carbons (Fsp3) is 0.421. The van der Waals surface area contributed by atoms with Crippen molar-refractivity contribution in [2.45, 2.75) is 32.9 Å². The number of nitrogens with one attached hydrogen (secondary N) is 1. The van der Waals surface area contributed by atoms with Gasteiger partial charge in [-0.3, -0.25) is 4.90 Å². The van der Waals surface area contributed by atoms with Crippen molar-refractivity contribution < 1.29 is 9.63 Å². The summed E-state index contributed by atoms with van der Waals surface area (Å²) in [5.41, 5.74) is 4.39. The second-order valence-corrected chi connectivity index (χ2v) is 7.52. The van der Waals surface area contributed by atoms with E-state index in [1.54, 1.807) is 0 Å². The van der Waals surface area contributed by atoms with Gasteiger partial charge in [0.2, 0.25) is 0 Å². The largest absolute Gasteiger partial charge is 0.391 e. The van der Waals surface area contributed by atoms with Gasteiger partial charge in [-0.1, -0.05) is 16.8 Å².